The molecule has 0 aliphatic carbocycles. The van der Waals surface area contributed by atoms with Gasteiger partial charge in [0.25, 0.3) is 0 Å². The fraction of sp³-hybridized carbons (Fsp3) is 0.545. The van der Waals surface area contributed by atoms with E-state index in [0.29, 0.717) is 19.0 Å². The Labute approximate surface area is 107 Å². The van der Waals surface area contributed by atoms with E-state index in [9.17, 15) is 8.42 Å². The van der Waals surface area contributed by atoms with Gasteiger partial charge < -0.3 is 10.5 Å². The summed E-state index contributed by atoms with van der Waals surface area (Å²) in [6.07, 6.45) is 2.14. The number of rotatable bonds is 4. The first-order chi connectivity index (χ1) is 8.49. The molecule has 0 bridgehead atoms. The summed E-state index contributed by atoms with van der Waals surface area (Å²) >= 11 is 0. The minimum absolute atomic E-state index is 0.127. The fourth-order valence-electron chi connectivity index (χ4n) is 1.91. The summed E-state index contributed by atoms with van der Waals surface area (Å²) in [6, 6.07) is 2.76. The Balaban J connectivity index is 2.09. The van der Waals surface area contributed by atoms with Crippen LogP contribution in [0.25, 0.3) is 0 Å². The third kappa shape index (κ3) is 2.98. The highest BCUT2D eigenvalue weighted by Crippen LogP contribution is 2.18. The molecule has 1 fully saturated rings. The van der Waals surface area contributed by atoms with Crippen molar-refractivity contribution >= 4 is 15.8 Å². The standard InChI is InChI=1S/C11H17N3O3S/c1-8(9-4-5-17-7-9)14-18(15,16)10-2-3-11(12)13-6-10/h2-3,6,8-9,14H,4-5,7H2,1H3,(H2,12,13). The quantitative estimate of drug-likeness (QED) is 0.825. The molecular weight excluding hydrogens is 254 g/mol. The first-order valence-electron chi connectivity index (χ1n) is 5.80. The van der Waals surface area contributed by atoms with Crippen molar-refractivity contribution in [1.82, 2.24) is 9.71 Å². The van der Waals surface area contributed by atoms with Crippen LogP contribution in [0.4, 0.5) is 5.82 Å². The molecule has 2 rings (SSSR count). The Morgan fingerprint density at radius 1 is 1.56 bits per heavy atom. The van der Waals surface area contributed by atoms with Crippen LogP contribution in [0, 0.1) is 5.92 Å². The lowest BCUT2D eigenvalue weighted by atomic mass is 10.0. The number of hydrogen-bond donors (Lipinski definition) is 2. The van der Waals surface area contributed by atoms with Crippen molar-refractivity contribution in [2.24, 2.45) is 5.92 Å². The zero-order valence-electron chi connectivity index (χ0n) is 10.2. The van der Waals surface area contributed by atoms with Crippen LogP contribution in [-0.4, -0.2) is 32.7 Å². The van der Waals surface area contributed by atoms with Crippen LogP contribution in [0.2, 0.25) is 0 Å². The van der Waals surface area contributed by atoms with Crippen LogP contribution >= 0.6 is 0 Å². The maximum Gasteiger partial charge on any atom is 0.242 e. The third-order valence-electron chi connectivity index (χ3n) is 3.08. The Hall–Kier alpha value is -1.18. The summed E-state index contributed by atoms with van der Waals surface area (Å²) in [5, 5.41) is 0. The Morgan fingerprint density at radius 2 is 2.33 bits per heavy atom. The summed E-state index contributed by atoms with van der Waals surface area (Å²) < 4.78 is 32.1. The molecule has 1 aliphatic heterocycles. The molecule has 1 aromatic rings. The van der Waals surface area contributed by atoms with Crippen molar-refractivity contribution in [2.45, 2.75) is 24.3 Å². The molecule has 18 heavy (non-hydrogen) atoms. The lowest BCUT2D eigenvalue weighted by Gasteiger charge is -2.19. The van der Waals surface area contributed by atoms with E-state index in [4.69, 9.17) is 10.5 Å². The summed E-state index contributed by atoms with van der Waals surface area (Å²) in [7, 11) is -3.54. The second-order valence-corrected chi connectivity index (χ2v) is 6.17. The zero-order valence-corrected chi connectivity index (χ0v) is 11.0. The smallest absolute Gasteiger partial charge is 0.242 e. The summed E-state index contributed by atoms with van der Waals surface area (Å²) in [5.74, 6) is 0.521. The highest BCUT2D eigenvalue weighted by Gasteiger charge is 2.26. The monoisotopic (exact) mass is 271 g/mol. The maximum absolute atomic E-state index is 12.1. The molecule has 7 heteroatoms. The van der Waals surface area contributed by atoms with Gasteiger partial charge in [0.2, 0.25) is 10.0 Å². The first kappa shape index (κ1) is 13.3. The topological polar surface area (TPSA) is 94.3 Å². The molecule has 100 valence electrons. The predicted octanol–water partition coefficient (Wildman–Crippen LogP) is 0.367. The first-order valence-corrected chi connectivity index (χ1v) is 7.29. The van der Waals surface area contributed by atoms with Crippen molar-refractivity contribution in [3.63, 3.8) is 0 Å². The van der Waals surface area contributed by atoms with Crippen molar-refractivity contribution < 1.29 is 13.2 Å². The molecule has 1 saturated heterocycles. The van der Waals surface area contributed by atoms with E-state index in [-0.39, 0.29) is 16.9 Å². The number of pyridine rings is 1. The van der Waals surface area contributed by atoms with Gasteiger partial charge in [-0.2, -0.15) is 0 Å². The van der Waals surface area contributed by atoms with Crippen LogP contribution in [0.15, 0.2) is 23.2 Å². The lowest BCUT2D eigenvalue weighted by Crippen LogP contribution is -2.38. The van der Waals surface area contributed by atoms with Crippen molar-refractivity contribution in [3.05, 3.63) is 18.3 Å². The third-order valence-corrected chi connectivity index (χ3v) is 4.63. The number of nitrogens with two attached hydrogens (primary N) is 1. The van der Waals surface area contributed by atoms with Crippen molar-refractivity contribution in [1.29, 1.82) is 0 Å². The normalized spacial score (nSPS) is 21.9. The molecule has 2 atom stereocenters. The van der Waals surface area contributed by atoms with Gasteiger partial charge in [-0.3, -0.25) is 0 Å². The van der Waals surface area contributed by atoms with E-state index in [1.807, 2.05) is 6.92 Å². The fourth-order valence-corrected chi connectivity index (χ4v) is 3.16. The van der Waals surface area contributed by atoms with Gasteiger partial charge >= 0.3 is 0 Å². The van der Waals surface area contributed by atoms with E-state index in [1.54, 1.807) is 0 Å². The molecule has 0 radical (unpaired) electrons. The number of anilines is 1. The van der Waals surface area contributed by atoms with E-state index in [1.165, 1.54) is 18.3 Å². The molecule has 6 nitrogen and oxygen atoms in total. The van der Waals surface area contributed by atoms with Crippen LogP contribution in [0.5, 0.6) is 0 Å². The maximum atomic E-state index is 12.1. The minimum atomic E-state index is -3.54. The molecular formula is C11H17N3O3S. The van der Waals surface area contributed by atoms with Crippen LogP contribution < -0.4 is 10.5 Å². The second kappa shape index (κ2) is 5.21. The number of nitrogen functional groups attached to an aromatic ring is 1. The molecule has 1 aliphatic rings. The average Bonchev–Trinajstić information content (AvgIpc) is 2.82. The second-order valence-electron chi connectivity index (χ2n) is 4.45. The van der Waals surface area contributed by atoms with Gasteiger partial charge in [0.15, 0.2) is 0 Å². The van der Waals surface area contributed by atoms with E-state index >= 15 is 0 Å². The van der Waals surface area contributed by atoms with E-state index in [0.717, 1.165) is 6.42 Å². The number of aromatic nitrogens is 1. The number of nitrogens with one attached hydrogen (secondary N) is 1. The van der Waals surface area contributed by atoms with Gasteiger partial charge in [-0.25, -0.2) is 18.1 Å². The van der Waals surface area contributed by atoms with Gasteiger partial charge in [0, 0.05) is 24.8 Å². The minimum Gasteiger partial charge on any atom is -0.384 e. The number of hydrogen-bond acceptors (Lipinski definition) is 5. The van der Waals surface area contributed by atoms with Gasteiger partial charge in [-0.15, -0.1) is 0 Å². The van der Waals surface area contributed by atoms with Crippen LogP contribution in [0.3, 0.4) is 0 Å². The van der Waals surface area contributed by atoms with Crippen LogP contribution in [-0.2, 0) is 14.8 Å². The highest BCUT2D eigenvalue weighted by molar-refractivity contribution is 7.89. The van der Waals surface area contributed by atoms with Crippen LogP contribution in [0.1, 0.15) is 13.3 Å². The summed E-state index contributed by atoms with van der Waals surface area (Å²) in [4.78, 5) is 3.91. The summed E-state index contributed by atoms with van der Waals surface area (Å²) in [5.41, 5.74) is 5.43. The molecule has 2 unspecified atom stereocenters. The van der Waals surface area contributed by atoms with Gasteiger partial charge in [0.05, 0.1) is 6.61 Å². The zero-order chi connectivity index (χ0) is 13.2. The predicted molar refractivity (Wildman–Crippen MR) is 67.4 cm³/mol. The lowest BCUT2D eigenvalue weighted by molar-refractivity contribution is 0.180. The molecule has 0 spiro atoms. The SMILES string of the molecule is CC(NS(=O)(=O)c1ccc(N)nc1)C1CCOC1. The summed E-state index contributed by atoms with van der Waals surface area (Å²) in [6.45, 7) is 3.14. The number of sulfonamides is 1. The largest absolute Gasteiger partial charge is 0.384 e. The Kier molecular flexibility index (Phi) is 3.84. The number of ether oxygens (including phenoxy) is 1. The van der Waals surface area contributed by atoms with Gasteiger partial charge in [-0.1, -0.05) is 0 Å². The number of nitrogens with zero attached hydrogens (tertiary/aromatic N) is 1. The molecule has 3 N–H and O–H groups in total. The average molecular weight is 271 g/mol. The van der Waals surface area contributed by atoms with Gasteiger partial charge in [0.1, 0.15) is 10.7 Å². The molecule has 2 heterocycles. The van der Waals surface area contributed by atoms with Crippen molar-refractivity contribution in [2.75, 3.05) is 18.9 Å². The van der Waals surface area contributed by atoms with E-state index < -0.39 is 10.0 Å². The molecule has 0 amide bonds. The molecule has 0 aromatic carbocycles. The Morgan fingerprint density at radius 3 is 2.89 bits per heavy atom. The Bertz CT molecular complexity index is 495. The van der Waals surface area contributed by atoms with E-state index in [2.05, 4.69) is 9.71 Å². The van der Waals surface area contributed by atoms with Gasteiger partial charge in [-0.05, 0) is 25.5 Å². The highest BCUT2D eigenvalue weighted by atomic mass is 32.2. The van der Waals surface area contributed by atoms with Crippen molar-refractivity contribution in [3.8, 4) is 0 Å². The molecule has 0 saturated carbocycles. The molecule has 1 aromatic heterocycles.